The van der Waals surface area contributed by atoms with E-state index in [1.807, 2.05) is 0 Å². The van der Waals surface area contributed by atoms with Crippen LogP contribution in [0.15, 0.2) is 57.7 Å². The van der Waals surface area contributed by atoms with Crippen LogP contribution in [0.1, 0.15) is 0 Å². The number of aromatic hydroxyl groups is 1. The van der Waals surface area contributed by atoms with Crippen molar-refractivity contribution in [2.75, 3.05) is 0 Å². The molecule has 0 aliphatic heterocycles. The minimum atomic E-state index is -0.416. The topological polar surface area (TPSA) is 50.4 Å². The third kappa shape index (κ3) is 2.20. The van der Waals surface area contributed by atoms with Crippen molar-refractivity contribution in [1.29, 1.82) is 0 Å². The largest absolute Gasteiger partial charge is 0.508 e. The van der Waals surface area contributed by atoms with Gasteiger partial charge in [0.25, 0.3) is 0 Å². The predicted octanol–water partition coefficient (Wildman–Crippen LogP) is 3.82. The lowest BCUT2D eigenvalue weighted by Gasteiger charge is -2.03. The Bertz CT molecular complexity index is 804. The quantitative estimate of drug-likeness (QED) is 0.685. The normalized spacial score (nSPS) is 10.8. The summed E-state index contributed by atoms with van der Waals surface area (Å²) >= 11 is 5.92. The van der Waals surface area contributed by atoms with Crippen LogP contribution in [0.2, 0.25) is 5.02 Å². The minimum absolute atomic E-state index is 0.150. The molecule has 0 saturated heterocycles. The van der Waals surface area contributed by atoms with Gasteiger partial charge in [0.1, 0.15) is 11.3 Å². The first-order valence-electron chi connectivity index (χ1n) is 5.66. The molecule has 0 fully saturated rings. The van der Waals surface area contributed by atoms with Crippen molar-refractivity contribution in [3.63, 3.8) is 0 Å². The zero-order valence-electron chi connectivity index (χ0n) is 9.76. The summed E-state index contributed by atoms with van der Waals surface area (Å²) in [5.41, 5.74) is 1.21. The van der Waals surface area contributed by atoms with Gasteiger partial charge in [-0.2, -0.15) is 0 Å². The molecule has 19 heavy (non-hydrogen) atoms. The molecule has 1 N–H and O–H groups in total. The molecule has 4 heteroatoms. The smallest absolute Gasteiger partial charge is 0.344 e. The summed E-state index contributed by atoms with van der Waals surface area (Å²) in [4.78, 5) is 11.9. The predicted molar refractivity (Wildman–Crippen MR) is 74.6 cm³/mol. The van der Waals surface area contributed by atoms with Crippen molar-refractivity contribution in [3.05, 3.63) is 64.0 Å². The number of phenols is 1. The van der Waals surface area contributed by atoms with Crippen LogP contribution in [0.5, 0.6) is 5.75 Å². The molecule has 0 radical (unpaired) electrons. The monoisotopic (exact) mass is 272 g/mol. The molecule has 0 atom stereocenters. The molecule has 0 saturated carbocycles. The highest BCUT2D eigenvalue weighted by Gasteiger charge is 2.08. The average molecular weight is 273 g/mol. The Kier molecular flexibility index (Phi) is 2.76. The van der Waals surface area contributed by atoms with Gasteiger partial charge in [0, 0.05) is 10.4 Å². The number of rotatable bonds is 1. The van der Waals surface area contributed by atoms with E-state index in [4.69, 9.17) is 16.0 Å². The maximum Gasteiger partial charge on any atom is 0.344 e. The summed E-state index contributed by atoms with van der Waals surface area (Å²) in [7, 11) is 0. The summed E-state index contributed by atoms with van der Waals surface area (Å²) < 4.78 is 5.26. The summed E-state index contributed by atoms with van der Waals surface area (Å²) in [5, 5.41) is 10.6. The Balaban J connectivity index is 2.26. The van der Waals surface area contributed by atoms with Crippen molar-refractivity contribution >= 4 is 22.6 Å². The lowest BCUT2D eigenvalue weighted by Crippen LogP contribution is -2.02. The molecule has 1 aromatic heterocycles. The first-order chi connectivity index (χ1) is 9.13. The van der Waals surface area contributed by atoms with Gasteiger partial charge in [-0.05, 0) is 42.0 Å². The van der Waals surface area contributed by atoms with Crippen molar-refractivity contribution in [2.24, 2.45) is 0 Å². The van der Waals surface area contributed by atoms with Crippen LogP contribution in [0.25, 0.3) is 22.1 Å². The van der Waals surface area contributed by atoms with E-state index >= 15 is 0 Å². The second kappa shape index (κ2) is 4.44. The fourth-order valence-electron chi connectivity index (χ4n) is 1.94. The number of halogens is 1. The maximum atomic E-state index is 11.9. The molecule has 1 heterocycles. The van der Waals surface area contributed by atoms with E-state index in [0.29, 0.717) is 21.7 Å². The van der Waals surface area contributed by atoms with Gasteiger partial charge in [-0.3, -0.25) is 0 Å². The number of fused-ring (bicyclic) bond motifs is 1. The molecule has 3 aromatic rings. The highest BCUT2D eigenvalue weighted by atomic mass is 35.5. The van der Waals surface area contributed by atoms with E-state index < -0.39 is 5.63 Å². The number of hydrogen-bond donors (Lipinski definition) is 1. The standard InChI is InChI=1S/C15H9ClO3/c16-11-3-6-14-10(7-11)8-13(15(18)19-14)9-1-4-12(17)5-2-9/h1-8,17H. The lowest BCUT2D eigenvalue weighted by molar-refractivity contribution is 0.475. The second-order valence-corrected chi connectivity index (χ2v) is 4.61. The van der Waals surface area contributed by atoms with Crippen LogP contribution in [0.4, 0.5) is 0 Å². The molecule has 0 bridgehead atoms. The highest BCUT2D eigenvalue weighted by Crippen LogP contribution is 2.24. The molecule has 3 nitrogen and oxygen atoms in total. The zero-order valence-corrected chi connectivity index (χ0v) is 10.5. The first kappa shape index (κ1) is 11.8. The van der Waals surface area contributed by atoms with Crippen LogP contribution in [0, 0.1) is 0 Å². The van der Waals surface area contributed by atoms with Crippen LogP contribution >= 0.6 is 11.6 Å². The lowest BCUT2D eigenvalue weighted by atomic mass is 10.1. The van der Waals surface area contributed by atoms with E-state index in [0.717, 1.165) is 5.39 Å². The zero-order chi connectivity index (χ0) is 13.4. The van der Waals surface area contributed by atoms with Gasteiger partial charge < -0.3 is 9.52 Å². The van der Waals surface area contributed by atoms with E-state index in [1.165, 1.54) is 12.1 Å². The Morgan fingerprint density at radius 3 is 2.47 bits per heavy atom. The average Bonchev–Trinajstić information content (AvgIpc) is 2.40. The van der Waals surface area contributed by atoms with E-state index in [9.17, 15) is 9.90 Å². The number of hydrogen-bond acceptors (Lipinski definition) is 3. The van der Waals surface area contributed by atoms with Gasteiger partial charge in [0.15, 0.2) is 0 Å². The van der Waals surface area contributed by atoms with Gasteiger partial charge in [0.05, 0.1) is 5.56 Å². The molecule has 0 aliphatic carbocycles. The van der Waals surface area contributed by atoms with Gasteiger partial charge in [0.2, 0.25) is 0 Å². The minimum Gasteiger partial charge on any atom is -0.508 e. The molecule has 0 amide bonds. The molecule has 2 aromatic carbocycles. The fourth-order valence-corrected chi connectivity index (χ4v) is 2.12. The number of benzene rings is 2. The second-order valence-electron chi connectivity index (χ2n) is 4.18. The Hall–Kier alpha value is -2.26. The summed E-state index contributed by atoms with van der Waals surface area (Å²) in [6.45, 7) is 0. The Morgan fingerprint density at radius 1 is 1.00 bits per heavy atom. The van der Waals surface area contributed by atoms with Gasteiger partial charge >= 0.3 is 5.63 Å². The van der Waals surface area contributed by atoms with Gasteiger partial charge in [-0.15, -0.1) is 0 Å². The van der Waals surface area contributed by atoms with Crippen LogP contribution < -0.4 is 5.63 Å². The summed E-state index contributed by atoms with van der Waals surface area (Å²) in [5.74, 6) is 0.150. The van der Waals surface area contributed by atoms with Crippen LogP contribution in [-0.4, -0.2) is 5.11 Å². The molecule has 0 unspecified atom stereocenters. The van der Waals surface area contributed by atoms with E-state index in [1.54, 1.807) is 36.4 Å². The molecular weight excluding hydrogens is 264 g/mol. The van der Waals surface area contributed by atoms with E-state index in [-0.39, 0.29) is 5.75 Å². The van der Waals surface area contributed by atoms with Gasteiger partial charge in [-0.1, -0.05) is 23.7 Å². The SMILES string of the molecule is O=c1oc2ccc(Cl)cc2cc1-c1ccc(O)cc1. The van der Waals surface area contributed by atoms with Crippen LogP contribution in [0.3, 0.4) is 0 Å². The Labute approximate surface area is 113 Å². The summed E-state index contributed by atoms with van der Waals surface area (Å²) in [6.07, 6.45) is 0. The molecular formula is C15H9ClO3. The number of phenolic OH excluding ortho intramolecular Hbond substituents is 1. The first-order valence-corrected chi connectivity index (χ1v) is 6.04. The highest BCUT2D eigenvalue weighted by molar-refractivity contribution is 6.31. The molecule has 0 aliphatic rings. The molecule has 3 rings (SSSR count). The van der Waals surface area contributed by atoms with E-state index in [2.05, 4.69) is 0 Å². The van der Waals surface area contributed by atoms with Crippen molar-refractivity contribution in [3.8, 4) is 16.9 Å². The third-order valence-corrected chi connectivity index (χ3v) is 3.11. The fraction of sp³-hybridized carbons (Fsp3) is 0. The van der Waals surface area contributed by atoms with Crippen LogP contribution in [-0.2, 0) is 0 Å². The summed E-state index contributed by atoms with van der Waals surface area (Å²) in [6, 6.07) is 13.2. The Morgan fingerprint density at radius 2 is 1.74 bits per heavy atom. The van der Waals surface area contributed by atoms with Crippen molar-refractivity contribution < 1.29 is 9.52 Å². The van der Waals surface area contributed by atoms with Gasteiger partial charge in [-0.25, -0.2) is 4.79 Å². The maximum absolute atomic E-state index is 11.9. The molecule has 94 valence electrons. The van der Waals surface area contributed by atoms with Crippen molar-refractivity contribution in [1.82, 2.24) is 0 Å². The molecule has 0 spiro atoms. The third-order valence-electron chi connectivity index (χ3n) is 2.87. The van der Waals surface area contributed by atoms with Crippen molar-refractivity contribution in [2.45, 2.75) is 0 Å².